The van der Waals surface area contributed by atoms with Crippen LogP contribution in [-0.2, 0) is 4.79 Å². The lowest BCUT2D eigenvalue weighted by Gasteiger charge is -2.30. The highest BCUT2D eigenvalue weighted by Gasteiger charge is 2.26. The van der Waals surface area contributed by atoms with Gasteiger partial charge in [0.2, 0.25) is 5.91 Å². The lowest BCUT2D eigenvalue weighted by atomic mass is 10.0. The maximum absolute atomic E-state index is 11.9. The van der Waals surface area contributed by atoms with Gasteiger partial charge in [0.05, 0.1) is 13.2 Å². The molecule has 1 amide bonds. The topological polar surface area (TPSA) is 69.2 Å². The molecule has 0 aromatic heterocycles. The number of guanidine groups is 1. The van der Waals surface area contributed by atoms with E-state index in [2.05, 4.69) is 39.6 Å². The number of benzene rings is 1. The molecule has 1 unspecified atom stereocenters. The number of nitrogens with one attached hydrogen (secondary N) is 2. The van der Waals surface area contributed by atoms with Crippen LogP contribution < -0.4 is 15.4 Å². The Kier molecular flexibility index (Phi) is 12.0. The van der Waals surface area contributed by atoms with E-state index in [4.69, 9.17) is 4.74 Å². The van der Waals surface area contributed by atoms with Crippen LogP contribution in [-0.4, -0.2) is 75.6 Å². The number of likely N-dealkylation sites (tertiary alicyclic amines) is 1. The van der Waals surface area contributed by atoms with E-state index in [0.717, 1.165) is 31.8 Å². The van der Waals surface area contributed by atoms with Crippen LogP contribution >= 0.6 is 24.0 Å². The van der Waals surface area contributed by atoms with Crippen molar-refractivity contribution >= 4 is 35.8 Å². The van der Waals surface area contributed by atoms with E-state index in [9.17, 15) is 4.79 Å². The molecule has 0 aliphatic carbocycles. The maximum atomic E-state index is 11.9. The minimum atomic E-state index is -0.0154. The quantitative estimate of drug-likeness (QED) is 0.299. The number of rotatable bonds is 9. The minimum Gasteiger partial charge on any atom is -0.496 e. The molecular formula is C21H36IN5O2. The smallest absolute Gasteiger partial charge is 0.243 e. The molecule has 1 saturated heterocycles. The van der Waals surface area contributed by atoms with Crippen LogP contribution in [0.2, 0.25) is 0 Å². The highest BCUT2D eigenvalue weighted by molar-refractivity contribution is 14.0. The van der Waals surface area contributed by atoms with Gasteiger partial charge in [-0.15, -0.1) is 24.0 Å². The molecule has 29 heavy (non-hydrogen) atoms. The van der Waals surface area contributed by atoms with Crippen LogP contribution in [0.1, 0.15) is 37.8 Å². The van der Waals surface area contributed by atoms with Gasteiger partial charge in [-0.1, -0.05) is 25.1 Å². The summed E-state index contributed by atoms with van der Waals surface area (Å²) < 4.78 is 5.61. The van der Waals surface area contributed by atoms with Crippen LogP contribution in [0.25, 0.3) is 0 Å². The van der Waals surface area contributed by atoms with Gasteiger partial charge in [0.1, 0.15) is 12.3 Å². The number of aliphatic imine (C=N–C) groups is 1. The van der Waals surface area contributed by atoms with Gasteiger partial charge in [0.15, 0.2) is 5.96 Å². The number of carbonyl (C=O) groups excluding carboxylic acids is 1. The number of hydrogen-bond donors (Lipinski definition) is 2. The average molecular weight is 517 g/mol. The number of amides is 1. The Hall–Kier alpha value is -1.55. The molecule has 1 fully saturated rings. The Morgan fingerprint density at radius 1 is 1.24 bits per heavy atom. The Labute approximate surface area is 192 Å². The van der Waals surface area contributed by atoms with Gasteiger partial charge in [-0.25, -0.2) is 4.99 Å². The lowest BCUT2D eigenvalue weighted by molar-refractivity contribution is -0.127. The summed E-state index contributed by atoms with van der Waals surface area (Å²) >= 11 is 0. The summed E-state index contributed by atoms with van der Waals surface area (Å²) in [5, 5.41) is 6.75. The Morgan fingerprint density at radius 3 is 2.55 bits per heavy atom. The normalized spacial score (nSPS) is 15.4. The van der Waals surface area contributed by atoms with Crippen LogP contribution in [0.5, 0.6) is 5.75 Å². The standard InChI is InChI=1S/C21H35N5O2.HI/c1-5-12-22-21(24-16-20(27)25(2)3)23-15-18(26-13-8-9-14-26)17-10-6-7-11-19(17)28-4;/h6-7,10-11,18H,5,8-9,12-16H2,1-4H3,(H2,22,23,24);1H. The second-order valence-corrected chi connectivity index (χ2v) is 7.26. The third-order valence-corrected chi connectivity index (χ3v) is 4.96. The first-order valence-corrected chi connectivity index (χ1v) is 10.2. The molecule has 8 heteroatoms. The number of methoxy groups -OCH3 is 1. The highest BCUT2D eigenvalue weighted by Crippen LogP contribution is 2.31. The Bertz CT molecular complexity index is 648. The molecule has 1 heterocycles. The van der Waals surface area contributed by atoms with Crippen LogP contribution in [0, 0.1) is 0 Å². The number of para-hydroxylation sites is 1. The van der Waals surface area contributed by atoms with Gasteiger partial charge in [-0.05, 0) is 38.4 Å². The first-order chi connectivity index (χ1) is 13.6. The maximum Gasteiger partial charge on any atom is 0.243 e. The molecule has 7 nitrogen and oxygen atoms in total. The molecule has 164 valence electrons. The second-order valence-electron chi connectivity index (χ2n) is 7.26. The van der Waals surface area contributed by atoms with E-state index in [0.29, 0.717) is 12.5 Å². The van der Waals surface area contributed by atoms with E-state index in [1.54, 1.807) is 26.1 Å². The van der Waals surface area contributed by atoms with E-state index < -0.39 is 0 Å². The molecule has 2 rings (SSSR count). The summed E-state index contributed by atoms with van der Waals surface area (Å²) in [6.07, 6.45) is 3.43. The van der Waals surface area contributed by atoms with Crippen LogP contribution in [0.4, 0.5) is 0 Å². The molecule has 1 aliphatic rings. The third-order valence-electron chi connectivity index (χ3n) is 4.96. The summed E-state index contributed by atoms with van der Waals surface area (Å²) in [6.45, 7) is 5.92. The molecular weight excluding hydrogens is 481 g/mol. The summed E-state index contributed by atoms with van der Waals surface area (Å²) in [4.78, 5) is 20.4. The number of likely N-dealkylation sites (N-methyl/N-ethyl adjacent to an activating group) is 1. The molecule has 1 aromatic carbocycles. The zero-order valence-electron chi connectivity index (χ0n) is 18.1. The largest absolute Gasteiger partial charge is 0.496 e. The van der Waals surface area contributed by atoms with Crippen molar-refractivity contribution in [3.8, 4) is 5.75 Å². The predicted molar refractivity (Wildman–Crippen MR) is 129 cm³/mol. The number of halogens is 1. The molecule has 1 atom stereocenters. The lowest BCUT2D eigenvalue weighted by Crippen LogP contribution is -2.43. The van der Waals surface area contributed by atoms with Crippen molar-refractivity contribution in [1.29, 1.82) is 0 Å². The van der Waals surface area contributed by atoms with Gasteiger partial charge >= 0.3 is 0 Å². The summed E-state index contributed by atoms with van der Waals surface area (Å²) in [5.74, 6) is 1.57. The molecule has 0 saturated carbocycles. The van der Waals surface area contributed by atoms with Crippen molar-refractivity contribution in [2.45, 2.75) is 32.2 Å². The van der Waals surface area contributed by atoms with Crippen molar-refractivity contribution in [2.24, 2.45) is 4.99 Å². The third kappa shape index (κ3) is 8.00. The Morgan fingerprint density at radius 2 is 1.93 bits per heavy atom. The van der Waals surface area contributed by atoms with Gasteiger partial charge in [0, 0.05) is 32.7 Å². The molecule has 0 bridgehead atoms. The number of ether oxygens (including phenoxy) is 1. The first-order valence-electron chi connectivity index (χ1n) is 10.2. The van der Waals surface area contributed by atoms with E-state index in [1.807, 2.05) is 12.1 Å². The minimum absolute atomic E-state index is 0. The highest BCUT2D eigenvalue weighted by atomic mass is 127. The Balaban J connectivity index is 0.00000420. The SMILES string of the molecule is CCCNC(=NCC(=O)N(C)C)NCC(c1ccccc1OC)N1CCCC1.I. The zero-order chi connectivity index (χ0) is 20.4. The molecule has 0 spiro atoms. The van der Waals surface area contributed by atoms with Crippen molar-refractivity contribution < 1.29 is 9.53 Å². The predicted octanol–water partition coefficient (Wildman–Crippen LogP) is 2.48. The summed E-state index contributed by atoms with van der Waals surface area (Å²) in [5.41, 5.74) is 1.18. The van der Waals surface area contributed by atoms with Crippen molar-refractivity contribution in [2.75, 3.05) is 53.9 Å². The van der Waals surface area contributed by atoms with Crippen molar-refractivity contribution in [3.63, 3.8) is 0 Å². The van der Waals surface area contributed by atoms with Gasteiger partial charge < -0.3 is 20.3 Å². The number of hydrogen-bond acceptors (Lipinski definition) is 4. The number of carbonyl (C=O) groups is 1. The zero-order valence-corrected chi connectivity index (χ0v) is 20.4. The fraction of sp³-hybridized carbons (Fsp3) is 0.619. The van der Waals surface area contributed by atoms with Crippen molar-refractivity contribution in [3.05, 3.63) is 29.8 Å². The summed E-state index contributed by atoms with van der Waals surface area (Å²) in [7, 11) is 5.21. The van der Waals surface area contributed by atoms with E-state index in [-0.39, 0.29) is 42.5 Å². The second kappa shape index (κ2) is 13.6. The molecule has 0 radical (unpaired) electrons. The van der Waals surface area contributed by atoms with Gasteiger partial charge in [-0.3, -0.25) is 9.69 Å². The molecule has 1 aromatic rings. The van der Waals surface area contributed by atoms with Crippen LogP contribution in [0.15, 0.2) is 29.3 Å². The monoisotopic (exact) mass is 517 g/mol. The summed E-state index contributed by atoms with van der Waals surface area (Å²) in [6, 6.07) is 8.39. The van der Waals surface area contributed by atoms with Crippen LogP contribution in [0.3, 0.4) is 0 Å². The fourth-order valence-electron chi connectivity index (χ4n) is 3.33. The molecule has 2 N–H and O–H groups in total. The molecule has 1 aliphatic heterocycles. The van der Waals surface area contributed by atoms with Crippen molar-refractivity contribution in [1.82, 2.24) is 20.4 Å². The van der Waals surface area contributed by atoms with Gasteiger partial charge in [0.25, 0.3) is 0 Å². The van der Waals surface area contributed by atoms with E-state index in [1.165, 1.54) is 18.4 Å². The van der Waals surface area contributed by atoms with Gasteiger partial charge in [-0.2, -0.15) is 0 Å². The first kappa shape index (κ1) is 25.5. The van der Waals surface area contributed by atoms with E-state index >= 15 is 0 Å². The average Bonchev–Trinajstić information content (AvgIpc) is 3.24. The number of nitrogens with zero attached hydrogens (tertiary/aromatic N) is 3. The fourth-order valence-corrected chi connectivity index (χ4v) is 3.33.